The second-order valence-electron chi connectivity index (χ2n) is 12.7. The Kier molecular flexibility index (Phi) is 12.0. The Labute approximate surface area is 311 Å². The molecule has 0 saturated carbocycles. The minimum Gasteiger partial charge on any atom is -0.507 e. The van der Waals surface area contributed by atoms with E-state index >= 15 is 0 Å². The molecule has 276 valence electrons. The number of hydrogen-bond donors (Lipinski definition) is 6. The molecule has 4 bridgehead atoms. The van der Waals surface area contributed by atoms with Crippen molar-refractivity contribution in [1.82, 2.24) is 20.9 Å². The third-order valence-corrected chi connectivity index (χ3v) is 9.30. The predicted molar refractivity (Wildman–Crippen MR) is 198 cm³/mol. The van der Waals surface area contributed by atoms with Gasteiger partial charge in [0.05, 0.1) is 7.11 Å². The summed E-state index contributed by atoms with van der Waals surface area (Å²) in [6, 6.07) is 17.8. The number of benzene rings is 4. The Balaban J connectivity index is 1.49. The van der Waals surface area contributed by atoms with Gasteiger partial charge < -0.3 is 41.5 Å². The molecule has 5 rings (SSSR count). The van der Waals surface area contributed by atoms with Gasteiger partial charge in [0.15, 0.2) is 0 Å². The Morgan fingerprint density at radius 1 is 0.906 bits per heavy atom. The van der Waals surface area contributed by atoms with E-state index in [-0.39, 0.29) is 53.1 Å². The van der Waals surface area contributed by atoms with Crippen LogP contribution in [0.2, 0.25) is 5.02 Å². The number of methoxy groups -OCH3 is 1. The van der Waals surface area contributed by atoms with Crippen LogP contribution in [0.15, 0.2) is 84.9 Å². The molecule has 0 aliphatic carbocycles. The number of ether oxygens (including phenoxy) is 1. The van der Waals surface area contributed by atoms with Crippen molar-refractivity contribution < 1.29 is 38.9 Å². The van der Waals surface area contributed by atoms with Crippen LogP contribution in [0.1, 0.15) is 40.9 Å². The number of carbonyl (C=O) groups excluding carboxylic acids is 5. The zero-order chi connectivity index (χ0) is 38.4. The van der Waals surface area contributed by atoms with Crippen LogP contribution >= 0.6 is 11.6 Å². The van der Waals surface area contributed by atoms with Crippen molar-refractivity contribution in [2.24, 2.45) is 5.73 Å². The number of phenols is 2. The van der Waals surface area contributed by atoms with Crippen LogP contribution in [0.4, 0.5) is 0 Å². The summed E-state index contributed by atoms with van der Waals surface area (Å²) in [7, 11) is 2.54. The van der Waals surface area contributed by atoms with E-state index in [2.05, 4.69) is 16.0 Å². The van der Waals surface area contributed by atoms with E-state index in [4.69, 9.17) is 22.1 Å². The van der Waals surface area contributed by atoms with Crippen LogP contribution in [-0.2, 0) is 30.3 Å². The third-order valence-electron chi connectivity index (χ3n) is 9.05. The highest BCUT2D eigenvalue weighted by molar-refractivity contribution is 6.30. The first-order valence-electron chi connectivity index (χ1n) is 16.8. The van der Waals surface area contributed by atoms with Crippen LogP contribution in [0.3, 0.4) is 0 Å². The number of nitrogens with zero attached hydrogens (tertiary/aromatic N) is 1. The van der Waals surface area contributed by atoms with Crippen LogP contribution in [-0.4, -0.2) is 83.5 Å². The van der Waals surface area contributed by atoms with Gasteiger partial charge in [-0.15, -0.1) is 0 Å². The third kappa shape index (κ3) is 8.76. The highest BCUT2D eigenvalue weighted by Crippen LogP contribution is 2.39. The summed E-state index contributed by atoms with van der Waals surface area (Å²) in [4.78, 5) is 68.8. The van der Waals surface area contributed by atoms with Gasteiger partial charge >= 0.3 is 5.97 Å². The quantitative estimate of drug-likeness (QED) is 0.146. The van der Waals surface area contributed by atoms with Crippen molar-refractivity contribution in [3.05, 3.63) is 107 Å². The fraction of sp³-hybridized carbons (Fsp3) is 0.256. The van der Waals surface area contributed by atoms with E-state index in [0.29, 0.717) is 10.6 Å². The highest BCUT2D eigenvalue weighted by atomic mass is 35.5. The first kappa shape index (κ1) is 38.3. The molecule has 0 aromatic heterocycles. The number of carbonyl (C=O) groups is 5. The molecule has 1 heterocycles. The normalized spacial score (nSPS) is 17.7. The molecule has 1 aliphatic heterocycles. The summed E-state index contributed by atoms with van der Waals surface area (Å²) in [5.74, 6) is -3.86. The fourth-order valence-corrected chi connectivity index (χ4v) is 6.26. The fourth-order valence-electron chi connectivity index (χ4n) is 6.14. The highest BCUT2D eigenvalue weighted by Gasteiger charge is 2.36. The van der Waals surface area contributed by atoms with Crippen LogP contribution in [0.25, 0.3) is 22.3 Å². The molecule has 0 unspecified atom stereocenters. The van der Waals surface area contributed by atoms with Crippen molar-refractivity contribution in [3.8, 4) is 33.8 Å². The number of aromatic hydroxyl groups is 2. The van der Waals surface area contributed by atoms with Crippen molar-refractivity contribution in [3.63, 3.8) is 0 Å². The average molecular weight is 742 g/mol. The number of rotatable bonds is 8. The minimum absolute atomic E-state index is 0.0204. The Bertz CT molecular complexity index is 2020. The molecule has 4 aromatic carbocycles. The SMILES string of the molecule is COC(=O)[C@@H]1Cc2ccc(O)c(c2)-c2cc(ccc2O)[C@H](N(C)C(=O)[C@H](CCN)NC(=O)c2ccc(-c3ccc(Cl)cc3)cc2)C(=O)N[C@@H](C)C(=O)N1. The lowest BCUT2D eigenvalue weighted by molar-refractivity contribution is -0.145. The molecule has 13 nitrogen and oxygen atoms in total. The summed E-state index contributed by atoms with van der Waals surface area (Å²) >= 11 is 6.01. The van der Waals surface area contributed by atoms with Gasteiger partial charge in [-0.25, -0.2) is 4.79 Å². The van der Waals surface area contributed by atoms with Gasteiger partial charge in [-0.3, -0.25) is 19.2 Å². The van der Waals surface area contributed by atoms with Gasteiger partial charge in [0.1, 0.15) is 35.7 Å². The van der Waals surface area contributed by atoms with Gasteiger partial charge in [-0.05, 0) is 90.7 Å². The lowest BCUT2D eigenvalue weighted by atomic mass is 9.93. The number of amides is 4. The summed E-state index contributed by atoms with van der Waals surface area (Å²) in [5, 5.41) is 30.3. The molecule has 14 heteroatoms. The lowest BCUT2D eigenvalue weighted by Crippen LogP contribution is -2.55. The second kappa shape index (κ2) is 16.6. The zero-order valence-corrected chi connectivity index (χ0v) is 30.0. The first-order valence-corrected chi connectivity index (χ1v) is 17.2. The summed E-state index contributed by atoms with van der Waals surface area (Å²) in [5.41, 5.74) is 8.97. The predicted octanol–water partition coefficient (Wildman–Crippen LogP) is 3.45. The monoisotopic (exact) mass is 741 g/mol. The Morgan fingerprint density at radius 3 is 2.13 bits per heavy atom. The molecule has 0 radical (unpaired) electrons. The first-order chi connectivity index (χ1) is 25.3. The topological polar surface area (TPSA) is 200 Å². The van der Waals surface area contributed by atoms with Gasteiger partial charge in [-0.2, -0.15) is 0 Å². The maximum absolute atomic E-state index is 14.2. The number of halogens is 1. The second-order valence-corrected chi connectivity index (χ2v) is 13.1. The van der Waals surface area contributed by atoms with E-state index in [1.54, 1.807) is 48.5 Å². The molecule has 1 aliphatic rings. The van der Waals surface area contributed by atoms with Gasteiger partial charge in [0.25, 0.3) is 5.91 Å². The molecule has 4 atom stereocenters. The number of likely N-dealkylation sites (N-methyl/N-ethyl adjacent to an activating group) is 1. The van der Waals surface area contributed by atoms with Gasteiger partial charge in [-0.1, -0.05) is 48.0 Å². The lowest BCUT2D eigenvalue weighted by Gasteiger charge is -2.32. The van der Waals surface area contributed by atoms with E-state index in [1.165, 1.54) is 45.3 Å². The van der Waals surface area contributed by atoms with Crippen molar-refractivity contribution in [2.45, 2.75) is 43.9 Å². The van der Waals surface area contributed by atoms with Crippen molar-refractivity contribution in [2.75, 3.05) is 20.7 Å². The molecular formula is C39H40ClN5O8. The van der Waals surface area contributed by atoms with Crippen LogP contribution < -0.4 is 21.7 Å². The maximum Gasteiger partial charge on any atom is 0.328 e. The van der Waals surface area contributed by atoms with Crippen LogP contribution in [0, 0.1) is 0 Å². The standard InChI is InChI=1S/C39H40ClN5O8/c1-21-35(48)44-31(39(52)53-3)19-22-4-14-32(46)28(18-22)29-20-26(11-15-33(29)47)34(37(50)42-21)45(2)38(51)30(16-17-41)43-36(49)25-7-5-23(6-8-25)24-9-12-27(40)13-10-24/h4-15,18,20-21,30-31,34,46-47H,16-17,19,41H2,1-3H3,(H,42,50)(H,43,49)(H,44,48)/t21-,30-,31-,34-/m0/s1. The molecule has 4 aromatic rings. The number of hydrogen-bond acceptors (Lipinski definition) is 9. The number of esters is 1. The summed E-state index contributed by atoms with van der Waals surface area (Å²) in [6.45, 7) is 1.44. The van der Waals surface area contributed by atoms with E-state index < -0.39 is 53.8 Å². The summed E-state index contributed by atoms with van der Waals surface area (Å²) in [6.07, 6.45) is 0.00868. The number of fused-ring (bicyclic) bond motifs is 5. The van der Waals surface area contributed by atoms with E-state index in [1.807, 2.05) is 12.1 Å². The molecule has 53 heavy (non-hydrogen) atoms. The van der Waals surface area contributed by atoms with Crippen molar-refractivity contribution in [1.29, 1.82) is 0 Å². The van der Waals surface area contributed by atoms with E-state index in [9.17, 15) is 34.2 Å². The minimum atomic E-state index is -1.40. The summed E-state index contributed by atoms with van der Waals surface area (Å²) < 4.78 is 4.90. The molecule has 0 fully saturated rings. The molecule has 4 amide bonds. The Hall–Kier alpha value is -5.92. The molecule has 0 saturated heterocycles. The number of phenolic OH excluding ortho intramolecular Hbond substituents is 2. The zero-order valence-electron chi connectivity index (χ0n) is 29.3. The Morgan fingerprint density at radius 2 is 1.51 bits per heavy atom. The number of nitrogens with two attached hydrogens (primary N) is 1. The molecule has 7 N–H and O–H groups in total. The van der Waals surface area contributed by atoms with Gasteiger partial charge in [0, 0.05) is 35.2 Å². The smallest absolute Gasteiger partial charge is 0.328 e. The average Bonchev–Trinajstić information content (AvgIpc) is 3.15. The van der Waals surface area contributed by atoms with E-state index in [0.717, 1.165) is 16.0 Å². The molecular weight excluding hydrogens is 702 g/mol. The maximum atomic E-state index is 14.2. The molecule has 0 spiro atoms. The van der Waals surface area contributed by atoms with Crippen LogP contribution in [0.5, 0.6) is 11.5 Å². The van der Waals surface area contributed by atoms with Crippen molar-refractivity contribution >= 4 is 41.2 Å². The van der Waals surface area contributed by atoms with Gasteiger partial charge in [0.2, 0.25) is 17.7 Å². The largest absolute Gasteiger partial charge is 0.507 e. The number of nitrogens with one attached hydrogen (secondary N) is 3.